The lowest BCUT2D eigenvalue weighted by Gasteiger charge is -2.40. The third kappa shape index (κ3) is 14.4. The maximum absolute atomic E-state index is 15.0. The monoisotopic (exact) mass is 841 g/mol. The number of nitrogens with one attached hydrogen (secondary N) is 4. The van der Waals surface area contributed by atoms with E-state index in [1.54, 1.807) is 24.6 Å². The lowest BCUT2D eigenvalue weighted by atomic mass is 9.84. The number of aromatic nitrogens is 2. The number of halogens is 2. The Morgan fingerprint density at radius 2 is 1.62 bits per heavy atom. The molecule has 328 valence electrons. The van der Waals surface area contributed by atoms with E-state index in [4.69, 9.17) is 16.5 Å². The van der Waals surface area contributed by atoms with Gasteiger partial charge in [-0.3, -0.25) is 19.2 Å². The molecule has 10 N–H and O–H groups in total. The topological polar surface area (TPSA) is 264 Å². The molecule has 17 nitrogen and oxygen atoms in total. The number of urea groups is 1. The molecule has 4 atom stereocenters. The van der Waals surface area contributed by atoms with Crippen molar-refractivity contribution in [2.45, 2.75) is 91.0 Å². The van der Waals surface area contributed by atoms with Gasteiger partial charge >= 0.3 is 12.0 Å². The van der Waals surface area contributed by atoms with E-state index in [1.165, 1.54) is 4.90 Å². The number of amides is 6. The molecule has 2 aromatic carbocycles. The van der Waals surface area contributed by atoms with Crippen LogP contribution in [0, 0.1) is 23.0 Å². The molecule has 1 heterocycles. The van der Waals surface area contributed by atoms with E-state index in [-0.39, 0.29) is 63.1 Å². The smallest absolute Gasteiger partial charge is 0.326 e. The minimum absolute atomic E-state index is 0.00737. The number of nitrogens with zero attached hydrogens (tertiary/aromatic N) is 3. The van der Waals surface area contributed by atoms with Crippen molar-refractivity contribution in [3.8, 4) is 11.3 Å². The number of aliphatic hydroxyl groups is 1. The summed E-state index contributed by atoms with van der Waals surface area (Å²) >= 11 is 0. The number of hydrogen-bond donors (Lipinski definition) is 8. The van der Waals surface area contributed by atoms with E-state index < -0.39 is 89.4 Å². The van der Waals surface area contributed by atoms with Crippen LogP contribution in [0.2, 0.25) is 0 Å². The van der Waals surface area contributed by atoms with Gasteiger partial charge in [-0.15, -0.1) is 0 Å². The number of nitrogens with two attached hydrogens (primary N) is 2. The fourth-order valence-electron chi connectivity index (χ4n) is 6.52. The minimum atomic E-state index is -1.30. The second-order valence-corrected chi connectivity index (χ2v) is 15.8. The SMILES string of the molecule is CC(C)C(NC(=O)CCNC(=O)[C@@H](N)CCN(C(=O)CO)[C@@H](c1nc(-c2cc(F)ccc2F)cn1Cc1ccccc1)C(C)(C)C)C(=O)N[C@@H](CCCNC(N)=O)C(=O)O. The lowest BCUT2D eigenvalue weighted by molar-refractivity contribution is -0.142. The van der Waals surface area contributed by atoms with Crippen molar-refractivity contribution in [2.24, 2.45) is 22.8 Å². The van der Waals surface area contributed by atoms with Crippen LogP contribution in [-0.2, 0) is 30.5 Å². The first-order chi connectivity index (χ1) is 28.2. The van der Waals surface area contributed by atoms with Crippen LogP contribution < -0.4 is 32.7 Å². The number of imidazole rings is 1. The third-order valence-electron chi connectivity index (χ3n) is 9.56. The maximum Gasteiger partial charge on any atom is 0.326 e. The highest BCUT2D eigenvalue weighted by Crippen LogP contribution is 2.39. The van der Waals surface area contributed by atoms with Gasteiger partial charge in [-0.05, 0) is 54.4 Å². The van der Waals surface area contributed by atoms with Crippen molar-refractivity contribution in [3.05, 3.63) is 77.8 Å². The largest absolute Gasteiger partial charge is 0.480 e. The summed E-state index contributed by atoms with van der Waals surface area (Å²) in [4.78, 5) is 81.1. The number of benzene rings is 2. The van der Waals surface area contributed by atoms with Gasteiger partial charge in [0.15, 0.2) is 0 Å². The molecule has 0 aliphatic heterocycles. The van der Waals surface area contributed by atoms with Gasteiger partial charge in [-0.1, -0.05) is 65.0 Å². The Hall–Kier alpha value is -5.95. The molecule has 3 rings (SSSR count). The number of carbonyl (C=O) groups excluding carboxylic acids is 5. The summed E-state index contributed by atoms with van der Waals surface area (Å²) in [5, 5.41) is 29.6. The highest BCUT2D eigenvalue weighted by Gasteiger charge is 2.39. The number of primary amides is 1. The molecule has 0 saturated heterocycles. The molecule has 0 aliphatic carbocycles. The number of carbonyl (C=O) groups is 6. The van der Waals surface area contributed by atoms with Crippen LogP contribution in [0.3, 0.4) is 0 Å². The molecular weight excluding hydrogens is 785 g/mol. The second-order valence-electron chi connectivity index (χ2n) is 15.8. The van der Waals surface area contributed by atoms with E-state index in [1.807, 2.05) is 51.1 Å². The average Bonchev–Trinajstić information content (AvgIpc) is 3.58. The van der Waals surface area contributed by atoms with E-state index in [9.17, 15) is 43.4 Å². The summed E-state index contributed by atoms with van der Waals surface area (Å²) in [6, 6.07) is 7.15. The summed E-state index contributed by atoms with van der Waals surface area (Å²) in [5.41, 5.74) is 11.4. The molecule has 60 heavy (non-hydrogen) atoms. The van der Waals surface area contributed by atoms with Crippen molar-refractivity contribution < 1.29 is 47.8 Å². The van der Waals surface area contributed by atoms with Crippen LogP contribution in [0.4, 0.5) is 13.6 Å². The Kier molecular flexibility index (Phi) is 18.1. The van der Waals surface area contributed by atoms with Crippen LogP contribution >= 0.6 is 0 Å². The van der Waals surface area contributed by atoms with Crippen molar-refractivity contribution in [3.63, 3.8) is 0 Å². The third-order valence-corrected chi connectivity index (χ3v) is 9.56. The summed E-state index contributed by atoms with van der Waals surface area (Å²) in [6.45, 7) is 8.05. The van der Waals surface area contributed by atoms with Crippen LogP contribution in [0.25, 0.3) is 11.3 Å². The van der Waals surface area contributed by atoms with Gasteiger partial charge in [-0.25, -0.2) is 23.4 Å². The van der Waals surface area contributed by atoms with Gasteiger partial charge < -0.3 is 52.4 Å². The number of aliphatic hydroxyl groups excluding tert-OH is 1. The Morgan fingerprint density at radius 3 is 2.22 bits per heavy atom. The molecule has 1 unspecified atom stereocenters. The molecule has 0 spiro atoms. The van der Waals surface area contributed by atoms with Gasteiger partial charge in [0.25, 0.3) is 0 Å². The first-order valence-corrected chi connectivity index (χ1v) is 19.6. The Bertz CT molecular complexity index is 1960. The lowest BCUT2D eigenvalue weighted by Crippen LogP contribution is -2.54. The van der Waals surface area contributed by atoms with Crippen LogP contribution in [0.5, 0.6) is 0 Å². The number of carboxylic acids is 1. The van der Waals surface area contributed by atoms with Gasteiger partial charge in [0, 0.05) is 44.4 Å². The van der Waals surface area contributed by atoms with Crippen molar-refractivity contribution >= 4 is 35.6 Å². The molecule has 6 amide bonds. The zero-order chi connectivity index (χ0) is 44.7. The molecular formula is C41H57F2N9O8. The quantitative estimate of drug-likeness (QED) is 0.0684. The van der Waals surface area contributed by atoms with Gasteiger partial charge in [0.1, 0.15) is 36.1 Å². The molecule has 0 saturated carbocycles. The molecule has 0 aliphatic rings. The van der Waals surface area contributed by atoms with Crippen LogP contribution in [0.15, 0.2) is 54.7 Å². The van der Waals surface area contributed by atoms with E-state index in [2.05, 4.69) is 21.3 Å². The van der Waals surface area contributed by atoms with Crippen molar-refractivity contribution in [2.75, 3.05) is 26.2 Å². The number of hydrogen-bond acceptors (Lipinski definition) is 9. The number of rotatable bonds is 22. The first-order valence-electron chi connectivity index (χ1n) is 19.6. The zero-order valence-corrected chi connectivity index (χ0v) is 34.5. The fraction of sp³-hybridized carbons (Fsp3) is 0.488. The summed E-state index contributed by atoms with van der Waals surface area (Å²) in [7, 11) is 0. The molecule has 19 heteroatoms. The van der Waals surface area contributed by atoms with Crippen LogP contribution in [-0.4, -0.2) is 105 Å². The van der Waals surface area contributed by atoms with Gasteiger partial charge in [0.2, 0.25) is 23.6 Å². The second kappa shape index (κ2) is 22.4. The summed E-state index contributed by atoms with van der Waals surface area (Å²) in [5.74, 6) is -5.44. The Labute approximate surface area is 347 Å². The molecule has 0 fully saturated rings. The van der Waals surface area contributed by atoms with Gasteiger partial charge in [0.05, 0.1) is 17.8 Å². The Morgan fingerprint density at radius 1 is 0.933 bits per heavy atom. The minimum Gasteiger partial charge on any atom is -0.480 e. The Balaban J connectivity index is 1.72. The highest BCUT2D eigenvalue weighted by molar-refractivity contribution is 5.91. The average molecular weight is 842 g/mol. The number of carboxylic acid groups (broad SMARTS) is 1. The molecule has 1 aromatic heterocycles. The number of aliphatic carboxylic acids is 1. The fourth-order valence-corrected chi connectivity index (χ4v) is 6.52. The maximum atomic E-state index is 15.0. The van der Waals surface area contributed by atoms with E-state index in [0.29, 0.717) is 5.82 Å². The van der Waals surface area contributed by atoms with E-state index in [0.717, 1.165) is 23.8 Å². The predicted molar refractivity (Wildman–Crippen MR) is 217 cm³/mol. The molecule has 0 radical (unpaired) electrons. The molecule has 3 aromatic rings. The summed E-state index contributed by atoms with van der Waals surface area (Å²) < 4.78 is 31.1. The van der Waals surface area contributed by atoms with E-state index >= 15 is 4.39 Å². The standard InChI is InChI=1S/C41H57F2N9O8/c1-24(2)34(38(57)49-30(39(58)59)12-9-17-47-40(45)60)50-32(54)15-18-46-37(56)29(44)16-19-52(33(55)23-53)35(41(3,4)5)36-48-31(27-20-26(42)13-14-28(27)43)22-51(36)21-25-10-7-6-8-11-25/h6-8,10-11,13-14,20,22,24,29-30,34-35,53H,9,12,15-19,21,23,44H2,1-5H3,(H,46,56)(H,49,57)(H,50,54)(H,58,59)(H3,45,47,60)/t29-,30-,34?,35-/m0/s1. The normalized spacial score (nSPS) is 13.4. The van der Waals surface area contributed by atoms with Crippen molar-refractivity contribution in [1.82, 2.24) is 35.7 Å². The zero-order valence-electron chi connectivity index (χ0n) is 34.5. The molecule has 0 bridgehead atoms. The van der Waals surface area contributed by atoms with Crippen LogP contribution in [0.1, 0.15) is 77.7 Å². The van der Waals surface area contributed by atoms with Gasteiger partial charge in [-0.2, -0.15) is 0 Å². The predicted octanol–water partition coefficient (Wildman–Crippen LogP) is 2.17. The van der Waals surface area contributed by atoms with Crippen molar-refractivity contribution in [1.29, 1.82) is 0 Å². The first kappa shape index (κ1) is 48.4. The highest BCUT2D eigenvalue weighted by atomic mass is 19.1. The summed E-state index contributed by atoms with van der Waals surface area (Å²) in [6.07, 6.45) is 1.45.